The van der Waals surface area contributed by atoms with Crippen LogP contribution in [-0.4, -0.2) is 56.1 Å². The van der Waals surface area contributed by atoms with Crippen LogP contribution in [0.25, 0.3) is 0 Å². The van der Waals surface area contributed by atoms with E-state index < -0.39 is 0 Å². The molecule has 0 radical (unpaired) electrons. The van der Waals surface area contributed by atoms with Crippen molar-refractivity contribution >= 4 is 5.96 Å². The highest BCUT2D eigenvalue weighted by Crippen LogP contribution is 2.13. The molecule has 0 bridgehead atoms. The lowest BCUT2D eigenvalue weighted by molar-refractivity contribution is 0.172. The van der Waals surface area contributed by atoms with Gasteiger partial charge in [0.1, 0.15) is 5.75 Å². The molecule has 1 heterocycles. The molecule has 0 aromatic heterocycles. The average Bonchev–Trinajstić information content (AvgIpc) is 2.70. The highest BCUT2D eigenvalue weighted by Gasteiger charge is 2.19. The number of ether oxygens (including phenoxy) is 1. The molecule has 138 valence electrons. The minimum Gasteiger partial charge on any atom is -0.497 e. The van der Waals surface area contributed by atoms with Gasteiger partial charge in [0.25, 0.3) is 0 Å². The van der Waals surface area contributed by atoms with Crippen LogP contribution in [0.3, 0.4) is 0 Å². The van der Waals surface area contributed by atoms with Crippen molar-refractivity contribution in [3.05, 3.63) is 65.7 Å². The molecule has 0 unspecified atom stereocenters. The Morgan fingerprint density at radius 1 is 1.00 bits per heavy atom. The zero-order valence-electron chi connectivity index (χ0n) is 15.7. The first kappa shape index (κ1) is 18.3. The molecule has 2 aromatic carbocycles. The molecular formula is C21H28N4O. The summed E-state index contributed by atoms with van der Waals surface area (Å²) in [5.41, 5.74) is 2.56. The molecule has 1 aliphatic heterocycles. The van der Waals surface area contributed by atoms with Crippen molar-refractivity contribution < 1.29 is 4.74 Å². The molecule has 1 saturated heterocycles. The first-order chi connectivity index (χ1) is 12.8. The number of nitrogens with zero attached hydrogens (tertiary/aromatic N) is 3. The number of rotatable bonds is 5. The van der Waals surface area contributed by atoms with Crippen molar-refractivity contribution in [3.8, 4) is 5.75 Å². The molecule has 1 aliphatic rings. The van der Waals surface area contributed by atoms with Crippen LogP contribution >= 0.6 is 0 Å². The van der Waals surface area contributed by atoms with Gasteiger partial charge in [-0.15, -0.1) is 0 Å². The normalized spacial score (nSPS) is 15.8. The Bertz CT molecular complexity index is 709. The molecule has 5 heteroatoms. The van der Waals surface area contributed by atoms with Gasteiger partial charge in [0.05, 0.1) is 7.11 Å². The predicted molar refractivity (Wildman–Crippen MR) is 106 cm³/mol. The van der Waals surface area contributed by atoms with Gasteiger partial charge in [-0.1, -0.05) is 42.5 Å². The summed E-state index contributed by atoms with van der Waals surface area (Å²) in [6.45, 7) is 5.84. The number of benzene rings is 2. The maximum absolute atomic E-state index is 5.29. The van der Waals surface area contributed by atoms with Crippen molar-refractivity contribution in [2.45, 2.75) is 13.1 Å². The third kappa shape index (κ3) is 4.99. The fourth-order valence-electron chi connectivity index (χ4n) is 3.26. The Morgan fingerprint density at radius 3 is 2.42 bits per heavy atom. The van der Waals surface area contributed by atoms with Crippen LogP contribution in [0.5, 0.6) is 5.75 Å². The lowest BCUT2D eigenvalue weighted by Gasteiger charge is -2.36. The second-order valence-electron chi connectivity index (χ2n) is 6.50. The molecule has 0 amide bonds. The maximum atomic E-state index is 5.29. The monoisotopic (exact) mass is 352 g/mol. The van der Waals surface area contributed by atoms with Gasteiger partial charge < -0.3 is 15.0 Å². The predicted octanol–water partition coefficient (Wildman–Crippen LogP) is 2.59. The summed E-state index contributed by atoms with van der Waals surface area (Å²) < 4.78 is 5.29. The van der Waals surface area contributed by atoms with E-state index in [2.05, 4.69) is 62.6 Å². The van der Waals surface area contributed by atoms with Gasteiger partial charge >= 0.3 is 0 Å². The molecule has 2 aromatic rings. The maximum Gasteiger partial charge on any atom is 0.194 e. The summed E-state index contributed by atoms with van der Waals surface area (Å²) in [7, 11) is 3.55. The van der Waals surface area contributed by atoms with E-state index in [4.69, 9.17) is 4.74 Å². The third-order valence-corrected chi connectivity index (χ3v) is 4.72. The van der Waals surface area contributed by atoms with E-state index in [1.165, 1.54) is 11.1 Å². The topological polar surface area (TPSA) is 40.1 Å². The van der Waals surface area contributed by atoms with Gasteiger partial charge in [-0.05, 0) is 23.3 Å². The first-order valence-electron chi connectivity index (χ1n) is 9.13. The molecular weight excluding hydrogens is 324 g/mol. The van der Waals surface area contributed by atoms with E-state index in [0.29, 0.717) is 0 Å². The average molecular weight is 352 g/mol. The van der Waals surface area contributed by atoms with Gasteiger partial charge in [0, 0.05) is 46.3 Å². The highest BCUT2D eigenvalue weighted by molar-refractivity contribution is 5.80. The Balaban J connectivity index is 1.49. The Morgan fingerprint density at radius 2 is 1.73 bits per heavy atom. The Hall–Kier alpha value is -2.53. The summed E-state index contributed by atoms with van der Waals surface area (Å²) in [5, 5.41) is 3.47. The van der Waals surface area contributed by atoms with Crippen LogP contribution in [0.1, 0.15) is 11.1 Å². The zero-order valence-corrected chi connectivity index (χ0v) is 15.7. The molecule has 1 fully saturated rings. The van der Waals surface area contributed by atoms with Crippen LogP contribution in [0.15, 0.2) is 59.6 Å². The fourth-order valence-corrected chi connectivity index (χ4v) is 3.26. The third-order valence-electron chi connectivity index (χ3n) is 4.72. The first-order valence-corrected chi connectivity index (χ1v) is 9.13. The van der Waals surface area contributed by atoms with E-state index in [1.807, 2.05) is 19.2 Å². The number of nitrogens with one attached hydrogen (secondary N) is 1. The molecule has 3 rings (SSSR count). The highest BCUT2D eigenvalue weighted by atomic mass is 16.5. The van der Waals surface area contributed by atoms with Crippen molar-refractivity contribution in [2.24, 2.45) is 4.99 Å². The summed E-state index contributed by atoms with van der Waals surface area (Å²) in [4.78, 5) is 9.30. The molecule has 0 saturated carbocycles. The molecule has 0 aliphatic carbocycles. The van der Waals surface area contributed by atoms with E-state index in [0.717, 1.165) is 51.0 Å². The zero-order chi connectivity index (χ0) is 18.2. The molecule has 0 spiro atoms. The number of piperazine rings is 1. The summed E-state index contributed by atoms with van der Waals surface area (Å²) in [6.07, 6.45) is 0. The van der Waals surface area contributed by atoms with E-state index in [-0.39, 0.29) is 0 Å². The van der Waals surface area contributed by atoms with Crippen LogP contribution in [0, 0.1) is 0 Å². The van der Waals surface area contributed by atoms with Gasteiger partial charge in [-0.2, -0.15) is 0 Å². The van der Waals surface area contributed by atoms with Crippen molar-refractivity contribution in [1.29, 1.82) is 0 Å². The van der Waals surface area contributed by atoms with Gasteiger partial charge in [-0.3, -0.25) is 9.89 Å². The van der Waals surface area contributed by atoms with Crippen molar-refractivity contribution in [1.82, 2.24) is 15.1 Å². The molecule has 26 heavy (non-hydrogen) atoms. The van der Waals surface area contributed by atoms with Crippen LogP contribution in [0.2, 0.25) is 0 Å². The number of methoxy groups -OCH3 is 1. The van der Waals surface area contributed by atoms with E-state index in [1.54, 1.807) is 7.11 Å². The van der Waals surface area contributed by atoms with E-state index in [9.17, 15) is 0 Å². The summed E-state index contributed by atoms with van der Waals surface area (Å²) in [5.74, 6) is 1.85. The fraction of sp³-hybridized carbons (Fsp3) is 0.381. The molecule has 1 N–H and O–H groups in total. The second kappa shape index (κ2) is 9.25. The number of hydrogen-bond acceptors (Lipinski definition) is 3. The van der Waals surface area contributed by atoms with Crippen LogP contribution in [-0.2, 0) is 13.1 Å². The van der Waals surface area contributed by atoms with Gasteiger partial charge in [0.15, 0.2) is 5.96 Å². The smallest absolute Gasteiger partial charge is 0.194 e. The largest absolute Gasteiger partial charge is 0.497 e. The van der Waals surface area contributed by atoms with Crippen LogP contribution < -0.4 is 10.1 Å². The summed E-state index contributed by atoms with van der Waals surface area (Å²) >= 11 is 0. The molecule has 5 nitrogen and oxygen atoms in total. The Kier molecular flexibility index (Phi) is 6.50. The number of guanidine groups is 1. The standard InChI is InChI=1S/C21H28N4O/c1-22-21(23-16-19-9-6-10-20(15-19)26-2)25-13-11-24(12-14-25)17-18-7-4-3-5-8-18/h3-10,15H,11-14,16-17H2,1-2H3,(H,22,23). The SMILES string of the molecule is CN=C(NCc1cccc(OC)c1)N1CCN(Cc2ccccc2)CC1. The Labute approximate surface area is 156 Å². The lowest BCUT2D eigenvalue weighted by atomic mass is 10.2. The minimum absolute atomic E-state index is 0.744. The molecule has 0 atom stereocenters. The second-order valence-corrected chi connectivity index (χ2v) is 6.50. The van der Waals surface area contributed by atoms with Crippen molar-refractivity contribution in [3.63, 3.8) is 0 Å². The van der Waals surface area contributed by atoms with Gasteiger partial charge in [-0.25, -0.2) is 0 Å². The van der Waals surface area contributed by atoms with E-state index >= 15 is 0 Å². The minimum atomic E-state index is 0.744. The summed E-state index contributed by atoms with van der Waals surface area (Å²) in [6, 6.07) is 18.8. The lowest BCUT2D eigenvalue weighted by Crippen LogP contribution is -2.52. The number of aliphatic imine (C=N–C) groups is 1. The quantitative estimate of drug-likeness (QED) is 0.663. The van der Waals surface area contributed by atoms with Crippen LogP contribution in [0.4, 0.5) is 0 Å². The van der Waals surface area contributed by atoms with Crippen molar-refractivity contribution in [2.75, 3.05) is 40.3 Å². The number of hydrogen-bond donors (Lipinski definition) is 1. The van der Waals surface area contributed by atoms with Gasteiger partial charge in [0.2, 0.25) is 0 Å².